The van der Waals surface area contributed by atoms with Crippen LogP contribution >= 0.6 is 0 Å². The summed E-state index contributed by atoms with van der Waals surface area (Å²) in [6, 6.07) is 7.88. The molecule has 2 rings (SSSR count). The van der Waals surface area contributed by atoms with Crippen LogP contribution in [0.2, 0.25) is 0 Å². The number of aromatic nitrogens is 1. The van der Waals surface area contributed by atoms with Gasteiger partial charge in [0.05, 0.1) is 12.7 Å². The number of likely N-dealkylation sites (N-methyl/N-ethyl adjacent to an activating group) is 1. The Hall–Kier alpha value is -1.81. The van der Waals surface area contributed by atoms with Crippen molar-refractivity contribution in [2.24, 2.45) is 0 Å². The molecule has 102 valence electrons. The molecule has 0 bridgehead atoms. The van der Waals surface area contributed by atoms with E-state index in [0.717, 1.165) is 22.3 Å². The van der Waals surface area contributed by atoms with Gasteiger partial charge in [0.2, 0.25) is 0 Å². The van der Waals surface area contributed by atoms with Gasteiger partial charge in [0.1, 0.15) is 11.6 Å². The molecule has 0 aliphatic carbocycles. The van der Waals surface area contributed by atoms with Crippen molar-refractivity contribution >= 4 is 16.6 Å². The number of anilines is 1. The third kappa shape index (κ3) is 3.15. The fourth-order valence-corrected chi connectivity index (χ4v) is 2.22. The predicted molar refractivity (Wildman–Crippen MR) is 77.9 cm³/mol. The van der Waals surface area contributed by atoms with Crippen molar-refractivity contribution in [3.05, 3.63) is 30.5 Å². The van der Waals surface area contributed by atoms with Crippen LogP contribution in [0, 0.1) is 0 Å². The van der Waals surface area contributed by atoms with Crippen LogP contribution in [0.4, 0.5) is 5.82 Å². The van der Waals surface area contributed by atoms with Crippen LogP contribution in [0.3, 0.4) is 0 Å². The first-order valence-electron chi connectivity index (χ1n) is 6.27. The molecule has 1 N–H and O–H groups in total. The van der Waals surface area contributed by atoms with Gasteiger partial charge in [-0.3, -0.25) is 0 Å². The van der Waals surface area contributed by atoms with Gasteiger partial charge in [-0.15, -0.1) is 0 Å². The number of hydrogen-bond donors (Lipinski definition) is 1. The monoisotopic (exact) mass is 260 g/mol. The second-order valence-corrected chi connectivity index (χ2v) is 5.39. The molecule has 1 aromatic carbocycles. The zero-order valence-corrected chi connectivity index (χ0v) is 11.8. The summed E-state index contributed by atoms with van der Waals surface area (Å²) in [5.74, 6) is 1.65. The van der Waals surface area contributed by atoms with Crippen LogP contribution in [-0.2, 0) is 0 Å². The summed E-state index contributed by atoms with van der Waals surface area (Å²) in [4.78, 5) is 6.39. The lowest BCUT2D eigenvalue weighted by atomic mass is 10.1. The second-order valence-electron chi connectivity index (χ2n) is 5.39. The molecule has 0 aliphatic heterocycles. The van der Waals surface area contributed by atoms with Crippen molar-refractivity contribution in [1.29, 1.82) is 0 Å². The van der Waals surface area contributed by atoms with E-state index in [4.69, 9.17) is 4.74 Å². The molecule has 0 fully saturated rings. The van der Waals surface area contributed by atoms with Gasteiger partial charge in [-0.2, -0.15) is 0 Å². The Labute approximate surface area is 113 Å². The predicted octanol–water partition coefficient (Wildman–Crippen LogP) is 2.45. The summed E-state index contributed by atoms with van der Waals surface area (Å²) in [7, 11) is 3.58. The first kappa shape index (κ1) is 13.6. The average Bonchev–Trinajstić information content (AvgIpc) is 2.35. The van der Waals surface area contributed by atoms with Gasteiger partial charge in [-0.05, 0) is 37.4 Å². The Kier molecular flexibility index (Phi) is 3.62. The molecule has 1 aromatic heterocycles. The molecular weight excluding hydrogens is 240 g/mol. The van der Waals surface area contributed by atoms with Crippen LogP contribution < -0.4 is 9.64 Å². The minimum Gasteiger partial charge on any atom is -0.497 e. The van der Waals surface area contributed by atoms with E-state index in [2.05, 4.69) is 4.98 Å². The average molecular weight is 260 g/mol. The normalized spacial score (nSPS) is 11.6. The van der Waals surface area contributed by atoms with Gasteiger partial charge >= 0.3 is 0 Å². The number of benzene rings is 1. The van der Waals surface area contributed by atoms with Crippen LogP contribution in [0.15, 0.2) is 30.5 Å². The molecular formula is C15H20N2O2. The lowest BCUT2D eigenvalue weighted by Crippen LogP contribution is -2.36. The van der Waals surface area contributed by atoms with Crippen molar-refractivity contribution in [3.63, 3.8) is 0 Å². The van der Waals surface area contributed by atoms with Gasteiger partial charge in [0.15, 0.2) is 0 Å². The summed E-state index contributed by atoms with van der Waals surface area (Å²) < 4.78 is 5.26. The summed E-state index contributed by atoms with van der Waals surface area (Å²) >= 11 is 0. The molecule has 0 spiro atoms. The van der Waals surface area contributed by atoms with Crippen molar-refractivity contribution in [3.8, 4) is 5.75 Å². The molecule has 2 aromatic rings. The molecule has 1 heterocycles. The van der Waals surface area contributed by atoms with Crippen molar-refractivity contribution in [2.75, 3.05) is 25.6 Å². The molecule has 19 heavy (non-hydrogen) atoms. The van der Waals surface area contributed by atoms with Gasteiger partial charge in [0.25, 0.3) is 0 Å². The highest BCUT2D eigenvalue weighted by molar-refractivity contribution is 5.93. The number of methoxy groups -OCH3 is 1. The molecule has 0 radical (unpaired) electrons. The maximum absolute atomic E-state index is 9.93. The second kappa shape index (κ2) is 5.05. The van der Waals surface area contributed by atoms with Crippen LogP contribution in [0.5, 0.6) is 5.75 Å². The Bertz CT molecular complexity index is 576. The summed E-state index contributed by atoms with van der Waals surface area (Å²) in [5.41, 5.74) is -0.766. The quantitative estimate of drug-likeness (QED) is 0.917. The summed E-state index contributed by atoms with van der Waals surface area (Å²) in [6.07, 6.45) is 1.78. The Morgan fingerprint density at radius 2 is 2.05 bits per heavy atom. The fraction of sp³-hybridized carbons (Fsp3) is 0.400. The van der Waals surface area contributed by atoms with Gasteiger partial charge in [-0.25, -0.2) is 4.98 Å². The third-order valence-corrected chi connectivity index (χ3v) is 2.94. The Morgan fingerprint density at radius 3 is 2.68 bits per heavy atom. The van der Waals surface area contributed by atoms with Crippen molar-refractivity contribution < 1.29 is 9.84 Å². The van der Waals surface area contributed by atoms with E-state index in [1.807, 2.05) is 36.2 Å². The van der Waals surface area contributed by atoms with Crippen LogP contribution in [0.1, 0.15) is 13.8 Å². The maximum Gasteiger partial charge on any atom is 0.136 e. The van der Waals surface area contributed by atoms with E-state index in [9.17, 15) is 5.11 Å². The largest absolute Gasteiger partial charge is 0.497 e. The number of pyridine rings is 1. The topological polar surface area (TPSA) is 45.6 Å². The minimum absolute atomic E-state index is 0.510. The van der Waals surface area contributed by atoms with Gasteiger partial charge in [-0.1, -0.05) is 6.07 Å². The first-order chi connectivity index (χ1) is 8.90. The molecule has 0 unspecified atom stereocenters. The van der Waals surface area contributed by atoms with Gasteiger partial charge in [0, 0.05) is 25.2 Å². The van der Waals surface area contributed by atoms with Crippen molar-refractivity contribution in [1.82, 2.24) is 4.98 Å². The van der Waals surface area contributed by atoms with E-state index < -0.39 is 5.60 Å². The molecule has 0 atom stereocenters. The number of fused-ring (bicyclic) bond motifs is 1. The minimum atomic E-state index is -0.766. The molecule has 0 saturated heterocycles. The Balaban J connectivity index is 2.47. The molecule has 0 amide bonds. The SMILES string of the molecule is COc1ccc2ccnc(N(C)CC(C)(C)O)c2c1. The fourth-order valence-electron chi connectivity index (χ4n) is 2.22. The zero-order valence-electron chi connectivity index (χ0n) is 11.8. The number of ether oxygens (including phenoxy) is 1. The molecule has 4 heteroatoms. The van der Waals surface area contributed by atoms with Gasteiger partial charge < -0.3 is 14.7 Å². The number of nitrogens with zero attached hydrogens (tertiary/aromatic N) is 2. The highest BCUT2D eigenvalue weighted by Crippen LogP contribution is 2.28. The number of rotatable bonds is 4. The maximum atomic E-state index is 9.93. The lowest BCUT2D eigenvalue weighted by molar-refractivity contribution is 0.0885. The third-order valence-electron chi connectivity index (χ3n) is 2.94. The highest BCUT2D eigenvalue weighted by Gasteiger charge is 2.18. The molecule has 4 nitrogen and oxygen atoms in total. The zero-order chi connectivity index (χ0) is 14.0. The highest BCUT2D eigenvalue weighted by atomic mass is 16.5. The number of aliphatic hydroxyl groups is 1. The Morgan fingerprint density at radius 1 is 1.32 bits per heavy atom. The van der Waals surface area contributed by atoms with Crippen LogP contribution in [-0.4, -0.2) is 36.4 Å². The number of hydrogen-bond acceptors (Lipinski definition) is 4. The van der Waals surface area contributed by atoms with E-state index in [1.165, 1.54) is 0 Å². The summed E-state index contributed by atoms with van der Waals surface area (Å²) in [5, 5.41) is 12.1. The van der Waals surface area contributed by atoms with E-state index in [0.29, 0.717) is 6.54 Å². The van der Waals surface area contributed by atoms with Crippen LogP contribution in [0.25, 0.3) is 10.8 Å². The van der Waals surface area contributed by atoms with Crippen molar-refractivity contribution in [2.45, 2.75) is 19.4 Å². The summed E-state index contributed by atoms with van der Waals surface area (Å²) in [6.45, 7) is 4.08. The first-order valence-corrected chi connectivity index (χ1v) is 6.27. The molecule has 0 saturated carbocycles. The van der Waals surface area contributed by atoms with E-state index in [1.54, 1.807) is 27.2 Å². The van der Waals surface area contributed by atoms with E-state index in [-0.39, 0.29) is 0 Å². The standard InChI is InChI=1S/C15H20N2O2/c1-15(2,18)10-17(3)14-13-9-12(19-4)6-5-11(13)7-8-16-14/h5-9,18H,10H2,1-4H3. The lowest BCUT2D eigenvalue weighted by Gasteiger charge is -2.27. The molecule has 0 aliphatic rings. The smallest absolute Gasteiger partial charge is 0.136 e. The van der Waals surface area contributed by atoms with E-state index >= 15 is 0 Å².